The molecule has 0 N–H and O–H groups in total. The second kappa shape index (κ2) is 5.15. The molecule has 0 saturated carbocycles. The van der Waals surface area contributed by atoms with Crippen LogP contribution in [-0.2, 0) is 16.0 Å². The summed E-state index contributed by atoms with van der Waals surface area (Å²) in [5.74, 6) is -1.72. The summed E-state index contributed by atoms with van der Waals surface area (Å²) in [6, 6.07) is 1.57. The molecule has 0 atom stereocenters. The minimum absolute atomic E-state index is 0.211. The number of esters is 1. The number of hydrogen-bond acceptors (Lipinski definition) is 5. The summed E-state index contributed by atoms with van der Waals surface area (Å²) in [5.41, 5.74) is -0.988. The summed E-state index contributed by atoms with van der Waals surface area (Å²) >= 11 is 0. The van der Waals surface area contributed by atoms with Gasteiger partial charge in [-0.3, -0.25) is 19.7 Å². The minimum atomic E-state index is -0.980. The fraction of sp³-hybridized carbons (Fsp3) is 0.200. The zero-order valence-corrected chi connectivity index (χ0v) is 8.81. The van der Waals surface area contributed by atoms with E-state index < -0.39 is 28.8 Å². The molecule has 0 aliphatic heterocycles. The maximum Gasteiger partial charge on any atom is 0.310 e. The highest BCUT2D eigenvalue weighted by Crippen LogP contribution is 2.21. The third-order valence-electron chi connectivity index (χ3n) is 2.10. The van der Waals surface area contributed by atoms with Crippen LogP contribution in [0.15, 0.2) is 12.1 Å². The van der Waals surface area contributed by atoms with Crippen LogP contribution in [0.5, 0.6) is 0 Å². The largest absolute Gasteiger partial charge is 0.469 e. The number of benzene rings is 1. The molecule has 90 valence electrons. The number of non-ortho nitro benzene ring substituents is 1. The lowest BCUT2D eigenvalue weighted by molar-refractivity contribution is -0.385. The van der Waals surface area contributed by atoms with Crippen molar-refractivity contribution in [3.63, 3.8) is 0 Å². The Bertz CT molecular complexity index is 486. The maximum atomic E-state index is 13.5. The van der Waals surface area contributed by atoms with Gasteiger partial charge in [0.1, 0.15) is 5.82 Å². The number of nitro benzene ring substituents is 1. The Labute approximate surface area is 95.1 Å². The highest BCUT2D eigenvalue weighted by atomic mass is 19.1. The molecule has 0 aromatic heterocycles. The van der Waals surface area contributed by atoms with Gasteiger partial charge in [0.25, 0.3) is 5.69 Å². The lowest BCUT2D eigenvalue weighted by Gasteiger charge is -2.05. The molecule has 0 saturated heterocycles. The number of methoxy groups -OCH3 is 1. The second-order valence-corrected chi connectivity index (χ2v) is 3.12. The standard InChI is InChI=1S/C10H8FNO5/c1-17-10(14)4-8-6(5-13)2-7(12(15)16)3-9(8)11/h2-3,5H,4H2,1H3. The van der Waals surface area contributed by atoms with E-state index in [0.717, 1.165) is 13.2 Å². The lowest BCUT2D eigenvalue weighted by Crippen LogP contribution is -2.09. The van der Waals surface area contributed by atoms with Gasteiger partial charge in [0.15, 0.2) is 6.29 Å². The van der Waals surface area contributed by atoms with Crippen LogP contribution in [0.2, 0.25) is 0 Å². The van der Waals surface area contributed by atoms with E-state index in [0.29, 0.717) is 6.07 Å². The molecule has 1 aromatic rings. The third-order valence-corrected chi connectivity index (χ3v) is 2.10. The summed E-state index contributed by atoms with van der Waals surface area (Å²) in [5, 5.41) is 10.4. The smallest absolute Gasteiger partial charge is 0.310 e. The van der Waals surface area contributed by atoms with Gasteiger partial charge in [0.05, 0.1) is 24.5 Å². The van der Waals surface area contributed by atoms with Gasteiger partial charge < -0.3 is 4.74 Å². The first-order chi connectivity index (χ1) is 7.99. The van der Waals surface area contributed by atoms with E-state index in [-0.39, 0.29) is 17.4 Å². The van der Waals surface area contributed by atoms with Crippen molar-refractivity contribution in [2.24, 2.45) is 0 Å². The molecule has 1 aromatic carbocycles. The molecule has 0 aliphatic carbocycles. The normalized spacial score (nSPS) is 9.76. The first kappa shape index (κ1) is 12.8. The van der Waals surface area contributed by atoms with Crippen molar-refractivity contribution < 1.29 is 23.6 Å². The van der Waals surface area contributed by atoms with Crippen molar-refractivity contribution in [3.8, 4) is 0 Å². The molecule has 7 heteroatoms. The molecule has 0 radical (unpaired) electrons. The van der Waals surface area contributed by atoms with Gasteiger partial charge in [-0.25, -0.2) is 4.39 Å². The fourth-order valence-corrected chi connectivity index (χ4v) is 1.26. The monoisotopic (exact) mass is 241 g/mol. The van der Waals surface area contributed by atoms with E-state index in [1.807, 2.05) is 0 Å². The Hall–Kier alpha value is -2.31. The molecular formula is C10H8FNO5. The molecule has 0 unspecified atom stereocenters. The van der Waals surface area contributed by atoms with Gasteiger partial charge in [0, 0.05) is 17.2 Å². The van der Waals surface area contributed by atoms with Crippen molar-refractivity contribution in [1.29, 1.82) is 0 Å². The zero-order valence-electron chi connectivity index (χ0n) is 8.81. The average molecular weight is 241 g/mol. The molecule has 0 fully saturated rings. The number of rotatable bonds is 4. The van der Waals surface area contributed by atoms with Gasteiger partial charge in [-0.2, -0.15) is 0 Å². The highest BCUT2D eigenvalue weighted by Gasteiger charge is 2.18. The molecule has 1 rings (SSSR count). The summed E-state index contributed by atoms with van der Waals surface area (Å²) < 4.78 is 17.8. The third kappa shape index (κ3) is 2.83. The highest BCUT2D eigenvalue weighted by molar-refractivity contribution is 5.83. The Morgan fingerprint density at radius 3 is 2.71 bits per heavy atom. The molecule has 0 bridgehead atoms. The number of nitro groups is 1. The van der Waals surface area contributed by atoms with Crippen LogP contribution in [0.3, 0.4) is 0 Å². The predicted molar refractivity (Wildman–Crippen MR) is 54.2 cm³/mol. The second-order valence-electron chi connectivity index (χ2n) is 3.12. The first-order valence-corrected chi connectivity index (χ1v) is 4.48. The Morgan fingerprint density at radius 2 is 2.24 bits per heavy atom. The molecule has 0 heterocycles. The van der Waals surface area contributed by atoms with Crippen molar-refractivity contribution >= 4 is 17.9 Å². The number of ether oxygens (including phenoxy) is 1. The number of carbonyl (C=O) groups excluding carboxylic acids is 2. The van der Waals surface area contributed by atoms with Crippen molar-refractivity contribution in [1.82, 2.24) is 0 Å². The van der Waals surface area contributed by atoms with Crippen LogP contribution in [0, 0.1) is 15.9 Å². The lowest BCUT2D eigenvalue weighted by atomic mass is 10.0. The van der Waals surface area contributed by atoms with Gasteiger partial charge in [-0.05, 0) is 0 Å². The van der Waals surface area contributed by atoms with Gasteiger partial charge in [0.2, 0.25) is 0 Å². The van der Waals surface area contributed by atoms with E-state index in [9.17, 15) is 24.1 Å². The zero-order chi connectivity index (χ0) is 13.0. The van der Waals surface area contributed by atoms with Crippen LogP contribution in [0.1, 0.15) is 15.9 Å². The number of aldehydes is 1. The Morgan fingerprint density at radius 1 is 1.59 bits per heavy atom. The Balaban J connectivity index is 3.25. The van der Waals surface area contributed by atoms with E-state index >= 15 is 0 Å². The van der Waals surface area contributed by atoms with E-state index in [2.05, 4.69) is 4.74 Å². The van der Waals surface area contributed by atoms with Crippen LogP contribution < -0.4 is 0 Å². The van der Waals surface area contributed by atoms with Crippen LogP contribution >= 0.6 is 0 Å². The molecule has 17 heavy (non-hydrogen) atoms. The number of halogens is 1. The van der Waals surface area contributed by atoms with E-state index in [4.69, 9.17) is 0 Å². The van der Waals surface area contributed by atoms with Crippen LogP contribution in [-0.4, -0.2) is 24.3 Å². The quantitative estimate of drug-likeness (QED) is 0.343. The van der Waals surface area contributed by atoms with Crippen molar-refractivity contribution in [3.05, 3.63) is 39.2 Å². The molecule has 6 nitrogen and oxygen atoms in total. The van der Waals surface area contributed by atoms with Crippen LogP contribution in [0.25, 0.3) is 0 Å². The topological polar surface area (TPSA) is 86.5 Å². The van der Waals surface area contributed by atoms with Gasteiger partial charge >= 0.3 is 5.97 Å². The maximum absolute atomic E-state index is 13.5. The van der Waals surface area contributed by atoms with Crippen molar-refractivity contribution in [2.45, 2.75) is 6.42 Å². The fourth-order valence-electron chi connectivity index (χ4n) is 1.26. The van der Waals surface area contributed by atoms with Gasteiger partial charge in [-0.1, -0.05) is 0 Å². The summed E-state index contributed by atoms with van der Waals surface area (Å²) in [7, 11) is 1.12. The van der Waals surface area contributed by atoms with Crippen molar-refractivity contribution in [2.75, 3.05) is 7.11 Å². The molecular weight excluding hydrogens is 233 g/mol. The summed E-state index contributed by atoms with van der Waals surface area (Å²) in [6.45, 7) is 0. The average Bonchev–Trinajstić information content (AvgIpc) is 2.30. The predicted octanol–water partition coefficient (Wildman–Crippen LogP) is 1.26. The summed E-state index contributed by atoms with van der Waals surface area (Å²) in [6.07, 6.45) is -0.192. The molecule has 0 amide bonds. The summed E-state index contributed by atoms with van der Waals surface area (Å²) in [4.78, 5) is 31.3. The molecule has 0 aliphatic rings. The number of nitrogens with zero attached hydrogens (tertiary/aromatic N) is 1. The number of carbonyl (C=O) groups is 2. The van der Waals surface area contributed by atoms with Gasteiger partial charge in [-0.15, -0.1) is 0 Å². The van der Waals surface area contributed by atoms with E-state index in [1.165, 1.54) is 0 Å². The van der Waals surface area contributed by atoms with E-state index in [1.54, 1.807) is 0 Å². The van der Waals surface area contributed by atoms with Crippen LogP contribution in [0.4, 0.5) is 10.1 Å². The Kier molecular flexibility index (Phi) is 3.86. The number of hydrogen-bond donors (Lipinski definition) is 0. The minimum Gasteiger partial charge on any atom is -0.469 e. The SMILES string of the molecule is COC(=O)Cc1c(F)cc([N+](=O)[O-])cc1C=O. The molecule has 0 spiro atoms. The first-order valence-electron chi connectivity index (χ1n) is 4.48.